The lowest BCUT2D eigenvalue weighted by molar-refractivity contribution is -0.161. The number of hydrogen-bond donors (Lipinski definition) is 0. The molecule has 1 aromatic rings. The van der Waals surface area contributed by atoms with Gasteiger partial charge in [-0.25, -0.2) is 0 Å². The van der Waals surface area contributed by atoms with Crippen LogP contribution in [0, 0.1) is 11.8 Å². The molecule has 0 saturated heterocycles. The average molecular weight is 328 g/mol. The quantitative estimate of drug-likeness (QED) is 0.618. The summed E-state index contributed by atoms with van der Waals surface area (Å²) in [5, 5.41) is 0. The SMILES string of the molecule is CC(C)[C@H](CC1=C(c2ccccc2)CCCC1)C(=O)OC(C)(C)C. The summed E-state index contributed by atoms with van der Waals surface area (Å²) in [6, 6.07) is 10.6. The number of ether oxygens (including phenoxy) is 1. The molecule has 0 heterocycles. The second-order valence-corrected chi connectivity index (χ2v) is 8.24. The van der Waals surface area contributed by atoms with E-state index in [0.29, 0.717) is 0 Å². The molecule has 0 spiro atoms. The highest BCUT2D eigenvalue weighted by Gasteiger charge is 2.29. The minimum atomic E-state index is -0.423. The van der Waals surface area contributed by atoms with Crippen LogP contribution in [-0.2, 0) is 9.53 Å². The molecule has 0 saturated carbocycles. The molecule has 2 nitrogen and oxygen atoms in total. The van der Waals surface area contributed by atoms with Crippen LogP contribution < -0.4 is 0 Å². The maximum atomic E-state index is 12.7. The summed E-state index contributed by atoms with van der Waals surface area (Å²) in [6.07, 6.45) is 5.53. The molecule has 0 aromatic heterocycles. The van der Waals surface area contributed by atoms with Crippen molar-refractivity contribution in [1.29, 1.82) is 0 Å². The standard InChI is InChI=1S/C22H32O2/c1-16(2)20(21(23)24-22(3,4)5)15-18-13-9-10-14-19(18)17-11-7-6-8-12-17/h6-8,11-12,16,20H,9-10,13-15H2,1-5H3/t20-/m0/s1. The maximum absolute atomic E-state index is 12.7. The van der Waals surface area contributed by atoms with Crippen molar-refractivity contribution in [3.8, 4) is 0 Å². The Labute approximate surface area is 147 Å². The van der Waals surface area contributed by atoms with Gasteiger partial charge in [-0.05, 0) is 69.9 Å². The van der Waals surface area contributed by atoms with Crippen LogP contribution in [0.15, 0.2) is 35.9 Å². The van der Waals surface area contributed by atoms with Crippen molar-refractivity contribution in [3.63, 3.8) is 0 Å². The van der Waals surface area contributed by atoms with Crippen LogP contribution >= 0.6 is 0 Å². The van der Waals surface area contributed by atoms with E-state index >= 15 is 0 Å². The molecule has 1 aliphatic rings. The highest BCUT2D eigenvalue weighted by molar-refractivity contribution is 5.75. The number of carbonyl (C=O) groups is 1. The van der Waals surface area contributed by atoms with E-state index in [-0.39, 0.29) is 17.8 Å². The first-order valence-corrected chi connectivity index (χ1v) is 9.27. The molecular formula is C22H32O2. The van der Waals surface area contributed by atoms with Crippen molar-refractivity contribution in [1.82, 2.24) is 0 Å². The molecule has 0 aliphatic heterocycles. The van der Waals surface area contributed by atoms with Crippen molar-refractivity contribution in [2.24, 2.45) is 11.8 Å². The summed E-state index contributed by atoms with van der Waals surface area (Å²) in [6.45, 7) is 10.1. The summed E-state index contributed by atoms with van der Waals surface area (Å²) in [5.74, 6) is 0.172. The highest BCUT2D eigenvalue weighted by atomic mass is 16.6. The fourth-order valence-corrected chi connectivity index (χ4v) is 3.42. The maximum Gasteiger partial charge on any atom is 0.310 e. The molecular weight excluding hydrogens is 296 g/mol. The second kappa shape index (κ2) is 8.00. The van der Waals surface area contributed by atoms with Crippen molar-refractivity contribution in [2.75, 3.05) is 0 Å². The normalized spacial score (nSPS) is 17.1. The molecule has 1 atom stereocenters. The Kier molecular flexibility index (Phi) is 6.26. The van der Waals surface area contributed by atoms with Crippen molar-refractivity contribution >= 4 is 11.5 Å². The summed E-state index contributed by atoms with van der Waals surface area (Å²) >= 11 is 0. The Balaban J connectivity index is 2.25. The van der Waals surface area contributed by atoms with Crippen LogP contribution in [0.25, 0.3) is 5.57 Å². The van der Waals surface area contributed by atoms with Gasteiger partial charge in [0.2, 0.25) is 0 Å². The Morgan fingerprint density at radius 1 is 1.08 bits per heavy atom. The Hall–Kier alpha value is -1.57. The first-order valence-electron chi connectivity index (χ1n) is 9.27. The van der Waals surface area contributed by atoms with Gasteiger partial charge in [0.05, 0.1) is 5.92 Å². The fourth-order valence-electron chi connectivity index (χ4n) is 3.42. The molecule has 0 unspecified atom stereocenters. The number of esters is 1. The minimum absolute atomic E-state index is 0.0528. The molecule has 24 heavy (non-hydrogen) atoms. The predicted octanol–water partition coefficient (Wildman–Crippen LogP) is 6.02. The molecule has 0 N–H and O–H groups in total. The summed E-state index contributed by atoms with van der Waals surface area (Å²) < 4.78 is 5.68. The molecule has 0 amide bonds. The van der Waals surface area contributed by atoms with Crippen LogP contribution in [-0.4, -0.2) is 11.6 Å². The van der Waals surface area contributed by atoms with E-state index in [1.165, 1.54) is 29.6 Å². The Morgan fingerprint density at radius 3 is 2.29 bits per heavy atom. The highest BCUT2D eigenvalue weighted by Crippen LogP contribution is 2.37. The van der Waals surface area contributed by atoms with E-state index in [9.17, 15) is 4.79 Å². The third kappa shape index (κ3) is 5.22. The van der Waals surface area contributed by atoms with Gasteiger partial charge in [0.15, 0.2) is 0 Å². The van der Waals surface area contributed by atoms with Crippen LogP contribution in [0.4, 0.5) is 0 Å². The van der Waals surface area contributed by atoms with Crippen LogP contribution in [0.1, 0.15) is 72.3 Å². The summed E-state index contributed by atoms with van der Waals surface area (Å²) in [5.41, 5.74) is 3.81. The van der Waals surface area contributed by atoms with Gasteiger partial charge in [0.1, 0.15) is 5.60 Å². The van der Waals surface area contributed by atoms with Crippen LogP contribution in [0.5, 0.6) is 0 Å². The molecule has 132 valence electrons. The smallest absolute Gasteiger partial charge is 0.310 e. The summed E-state index contributed by atoms with van der Waals surface area (Å²) in [4.78, 5) is 12.7. The van der Waals surface area contributed by atoms with E-state index < -0.39 is 5.60 Å². The third-order valence-electron chi connectivity index (χ3n) is 4.68. The van der Waals surface area contributed by atoms with Crippen LogP contribution in [0.3, 0.4) is 0 Å². The van der Waals surface area contributed by atoms with Gasteiger partial charge in [-0.15, -0.1) is 0 Å². The number of allylic oxidation sites excluding steroid dienone is 2. The molecule has 2 rings (SSSR count). The monoisotopic (exact) mass is 328 g/mol. The van der Waals surface area contributed by atoms with Gasteiger partial charge in [-0.2, -0.15) is 0 Å². The van der Waals surface area contributed by atoms with E-state index in [1.54, 1.807) is 0 Å². The van der Waals surface area contributed by atoms with Crippen molar-refractivity contribution < 1.29 is 9.53 Å². The van der Waals surface area contributed by atoms with Gasteiger partial charge in [0.25, 0.3) is 0 Å². The number of rotatable bonds is 5. The zero-order valence-corrected chi connectivity index (χ0v) is 15.9. The Morgan fingerprint density at radius 2 is 1.71 bits per heavy atom. The molecule has 2 heteroatoms. The van der Waals surface area contributed by atoms with E-state index in [1.807, 2.05) is 20.8 Å². The first kappa shape index (κ1) is 18.8. The molecule has 1 aliphatic carbocycles. The van der Waals surface area contributed by atoms with Gasteiger partial charge < -0.3 is 4.74 Å². The van der Waals surface area contributed by atoms with Crippen LogP contribution in [0.2, 0.25) is 0 Å². The lowest BCUT2D eigenvalue weighted by Gasteiger charge is -2.29. The first-order chi connectivity index (χ1) is 11.3. The van der Waals surface area contributed by atoms with Crippen molar-refractivity contribution in [2.45, 2.75) is 72.3 Å². The predicted molar refractivity (Wildman–Crippen MR) is 101 cm³/mol. The topological polar surface area (TPSA) is 26.3 Å². The van der Waals surface area contributed by atoms with E-state index in [0.717, 1.165) is 19.3 Å². The van der Waals surface area contributed by atoms with E-state index in [4.69, 9.17) is 4.74 Å². The summed E-state index contributed by atoms with van der Waals surface area (Å²) in [7, 11) is 0. The zero-order valence-electron chi connectivity index (χ0n) is 15.9. The largest absolute Gasteiger partial charge is 0.460 e. The van der Waals surface area contributed by atoms with Gasteiger partial charge >= 0.3 is 5.97 Å². The van der Waals surface area contributed by atoms with Crippen molar-refractivity contribution in [3.05, 3.63) is 41.5 Å². The minimum Gasteiger partial charge on any atom is -0.460 e. The second-order valence-electron chi connectivity index (χ2n) is 8.24. The van der Waals surface area contributed by atoms with E-state index in [2.05, 4.69) is 44.2 Å². The third-order valence-corrected chi connectivity index (χ3v) is 4.68. The fraction of sp³-hybridized carbons (Fsp3) is 0.591. The average Bonchev–Trinajstić information content (AvgIpc) is 2.51. The Bertz CT molecular complexity index is 576. The molecule has 1 aromatic carbocycles. The number of benzene rings is 1. The molecule has 0 bridgehead atoms. The van der Waals surface area contributed by atoms with Gasteiger partial charge in [-0.3, -0.25) is 4.79 Å². The lowest BCUT2D eigenvalue weighted by Crippen LogP contribution is -2.31. The molecule has 0 radical (unpaired) electrons. The van der Waals surface area contributed by atoms with Gasteiger partial charge in [0, 0.05) is 0 Å². The lowest BCUT2D eigenvalue weighted by atomic mass is 9.80. The number of carbonyl (C=O) groups excluding carboxylic acids is 1. The zero-order chi connectivity index (χ0) is 17.7. The number of hydrogen-bond acceptors (Lipinski definition) is 2. The van der Waals surface area contributed by atoms with Gasteiger partial charge in [-0.1, -0.05) is 49.8 Å². The molecule has 0 fully saturated rings.